The lowest BCUT2D eigenvalue weighted by Crippen LogP contribution is -2.24. The fourth-order valence-corrected chi connectivity index (χ4v) is 3.98. The number of benzene rings is 2. The van der Waals surface area contributed by atoms with Gasteiger partial charge >= 0.3 is 5.97 Å². The number of hydrogen-bond donors (Lipinski definition) is 0. The summed E-state index contributed by atoms with van der Waals surface area (Å²) in [7, 11) is 1.30. The normalized spacial score (nSPS) is 16.8. The summed E-state index contributed by atoms with van der Waals surface area (Å²) in [6, 6.07) is 10.8. The molecule has 2 heterocycles. The van der Waals surface area contributed by atoms with Gasteiger partial charge in [0.15, 0.2) is 11.5 Å². The van der Waals surface area contributed by atoms with Gasteiger partial charge in [-0.05, 0) is 55.0 Å². The van der Waals surface area contributed by atoms with Crippen molar-refractivity contribution in [3.63, 3.8) is 0 Å². The van der Waals surface area contributed by atoms with E-state index in [2.05, 4.69) is 31.9 Å². The lowest BCUT2D eigenvalue weighted by Gasteiger charge is -2.18. The maximum absolute atomic E-state index is 13.3. The van der Waals surface area contributed by atoms with Gasteiger partial charge in [0, 0.05) is 20.3 Å². The van der Waals surface area contributed by atoms with E-state index < -0.39 is 5.97 Å². The molecule has 0 saturated heterocycles. The highest BCUT2D eigenvalue weighted by Crippen LogP contribution is 2.40. The fraction of sp³-hybridized carbons (Fsp3) is 0.143. The second-order valence-corrected chi connectivity index (χ2v) is 8.12. The van der Waals surface area contributed by atoms with Crippen LogP contribution in [-0.2, 0) is 14.3 Å². The number of methoxy groups -OCH3 is 1. The van der Waals surface area contributed by atoms with Crippen molar-refractivity contribution in [2.24, 2.45) is 0 Å². The molecule has 29 heavy (non-hydrogen) atoms. The van der Waals surface area contributed by atoms with Crippen LogP contribution in [0.25, 0.3) is 6.08 Å². The number of halogens is 2. The number of amides is 1. The molecule has 0 saturated carbocycles. The van der Waals surface area contributed by atoms with Gasteiger partial charge in [0.2, 0.25) is 6.79 Å². The van der Waals surface area contributed by atoms with Crippen molar-refractivity contribution in [2.45, 2.75) is 6.92 Å². The minimum Gasteiger partial charge on any atom is -0.465 e. The maximum Gasteiger partial charge on any atom is 0.340 e. The highest BCUT2D eigenvalue weighted by molar-refractivity contribution is 9.10. The number of carbonyl (C=O) groups is 2. The monoisotopic (exact) mass is 519 g/mol. The van der Waals surface area contributed by atoms with Gasteiger partial charge in [0.1, 0.15) is 0 Å². The molecule has 0 radical (unpaired) electrons. The van der Waals surface area contributed by atoms with Crippen molar-refractivity contribution >= 4 is 55.5 Å². The summed E-state index contributed by atoms with van der Waals surface area (Å²) >= 11 is 6.88. The van der Waals surface area contributed by atoms with E-state index in [1.807, 2.05) is 12.1 Å². The third kappa shape index (κ3) is 3.47. The average Bonchev–Trinajstić information content (AvgIpc) is 3.24. The Morgan fingerprint density at radius 3 is 2.45 bits per heavy atom. The SMILES string of the molecule is COC(=O)C1=C(C)N(c2ccc(Br)cc2)C(=O)/C1=C\c1cc2c(cc1Br)OCO2. The largest absolute Gasteiger partial charge is 0.465 e. The molecule has 0 spiro atoms. The Labute approximate surface area is 184 Å². The van der Waals surface area contributed by atoms with Gasteiger partial charge in [-0.25, -0.2) is 4.79 Å². The molecule has 1 amide bonds. The van der Waals surface area contributed by atoms with Gasteiger partial charge in [-0.1, -0.05) is 31.9 Å². The van der Waals surface area contributed by atoms with Crippen molar-refractivity contribution in [1.82, 2.24) is 0 Å². The summed E-state index contributed by atoms with van der Waals surface area (Å²) in [4.78, 5) is 27.3. The molecule has 2 aromatic carbocycles. The van der Waals surface area contributed by atoms with Crippen LogP contribution in [0.5, 0.6) is 11.5 Å². The minimum absolute atomic E-state index is 0.143. The molecule has 0 atom stereocenters. The number of nitrogens with zero attached hydrogens (tertiary/aromatic N) is 1. The molecule has 2 aromatic rings. The van der Waals surface area contributed by atoms with Crippen molar-refractivity contribution in [2.75, 3.05) is 18.8 Å². The Morgan fingerprint density at radius 2 is 1.79 bits per heavy atom. The molecule has 148 valence electrons. The van der Waals surface area contributed by atoms with Crippen molar-refractivity contribution in [3.8, 4) is 11.5 Å². The van der Waals surface area contributed by atoms with Crippen LogP contribution in [0, 0.1) is 0 Å². The molecule has 4 rings (SSSR count). The van der Waals surface area contributed by atoms with Gasteiger partial charge in [0.05, 0.1) is 18.3 Å². The first-order valence-corrected chi connectivity index (χ1v) is 10.2. The molecule has 0 fully saturated rings. The first kappa shape index (κ1) is 19.7. The lowest BCUT2D eigenvalue weighted by molar-refractivity contribution is -0.136. The van der Waals surface area contributed by atoms with E-state index in [0.29, 0.717) is 32.9 Å². The first-order valence-electron chi connectivity index (χ1n) is 8.61. The molecule has 0 unspecified atom stereocenters. The predicted molar refractivity (Wildman–Crippen MR) is 115 cm³/mol. The third-order valence-corrected chi connectivity index (χ3v) is 5.88. The zero-order valence-electron chi connectivity index (χ0n) is 15.5. The van der Waals surface area contributed by atoms with E-state index in [4.69, 9.17) is 14.2 Å². The highest BCUT2D eigenvalue weighted by atomic mass is 79.9. The van der Waals surface area contributed by atoms with Crippen LogP contribution < -0.4 is 14.4 Å². The molecular weight excluding hydrogens is 506 g/mol. The second kappa shape index (κ2) is 7.68. The van der Waals surface area contributed by atoms with E-state index in [9.17, 15) is 9.59 Å². The number of anilines is 1. The van der Waals surface area contributed by atoms with Gasteiger partial charge in [-0.3, -0.25) is 9.69 Å². The van der Waals surface area contributed by atoms with Crippen LogP contribution in [-0.4, -0.2) is 25.8 Å². The van der Waals surface area contributed by atoms with Crippen molar-refractivity contribution in [1.29, 1.82) is 0 Å². The van der Waals surface area contributed by atoms with Gasteiger partial charge in [-0.15, -0.1) is 0 Å². The molecular formula is C21H15Br2NO5. The van der Waals surface area contributed by atoms with Crippen LogP contribution in [0.1, 0.15) is 12.5 Å². The Morgan fingerprint density at radius 1 is 1.14 bits per heavy atom. The van der Waals surface area contributed by atoms with E-state index >= 15 is 0 Å². The number of hydrogen-bond acceptors (Lipinski definition) is 5. The van der Waals surface area contributed by atoms with Crippen LogP contribution in [0.3, 0.4) is 0 Å². The standard InChI is InChI=1S/C21H15Br2NO5/c1-11-19(21(26)27-2)15(20(25)24(11)14-5-3-13(22)4-6-14)7-12-8-17-18(9-16(12)23)29-10-28-17/h3-9H,10H2,1-2H3/b15-7-. The van der Waals surface area contributed by atoms with E-state index in [-0.39, 0.29) is 23.8 Å². The number of carbonyl (C=O) groups excluding carboxylic acids is 2. The third-order valence-electron chi connectivity index (χ3n) is 4.67. The number of ether oxygens (including phenoxy) is 3. The summed E-state index contributed by atoms with van der Waals surface area (Å²) in [5, 5.41) is 0. The van der Waals surface area contributed by atoms with E-state index in [0.717, 1.165) is 4.47 Å². The maximum atomic E-state index is 13.3. The van der Waals surface area contributed by atoms with Gasteiger partial charge in [0.25, 0.3) is 5.91 Å². The number of allylic oxidation sites excluding steroid dienone is 1. The predicted octanol–water partition coefficient (Wildman–Crippen LogP) is 4.82. The summed E-state index contributed by atoms with van der Waals surface area (Å²) in [5.74, 6) is 0.317. The average molecular weight is 521 g/mol. The van der Waals surface area contributed by atoms with Crippen molar-refractivity contribution < 1.29 is 23.8 Å². The molecule has 0 aliphatic carbocycles. The number of fused-ring (bicyclic) bond motifs is 1. The Kier molecular flexibility index (Phi) is 5.23. The smallest absolute Gasteiger partial charge is 0.340 e. The number of esters is 1. The summed E-state index contributed by atoms with van der Waals surface area (Å²) < 4.78 is 17.3. The molecule has 2 aliphatic heterocycles. The van der Waals surface area contributed by atoms with Crippen LogP contribution in [0.15, 0.2) is 62.2 Å². The molecule has 8 heteroatoms. The zero-order chi connectivity index (χ0) is 20.7. The quantitative estimate of drug-likeness (QED) is 0.429. The fourth-order valence-electron chi connectivity index (χ4n) is 3.28. The molecule has 0 bridgehead atoms. The molecule has 0 aromatic heterocycles. The van der Waals surface area contributed by atoms with E-state index in [1.165, 1.54) is 12.0 Å². The highest BCUT2D eigenvalue weighted by Gasteiger charge is 2.38. The summed E-state index contributed by atoms with van der Waals surface area (Å²) in [6.07, 6.45) is 1.66. The molecule has 6 nitrogen and oxygen atoms in total. The van der Waals surface area contributed by atoms with Crippen LogP contribution in [0.2, 0.25) is 0 Å². The molecule has 0 N–H and O–H groups in total. The molecule has 2 aliphatic rings. The zero-order valence-corrected chi connectivity index (χ0v) is 18.7. The van der Waals surface area contributed by atoms with Gasteiger partial charge < -0.3 is 14.2 Å². The van der Waals surface area contributed by atoms with Crippen LogP contribution >= 0.6 is 31.9 Å². The summed E-state index contributed by atoms with van der Waals surface area (Å²) in [5.41, 5.74) is 2.32. The van der Waals surface area contributed by atoms with E-state index in [1.54, 1.807) is 37.3 Å². The van der Waals surface area contributed by atoms with Gasteiger partial charge in [-0.2, -0.15) is 0 Å². The Bertz CT molecular complexity index is 1090. The Balaban J connectivity index is 1.84. The minimum atomic E-state index is -0.571. The second-order valence-electron chi connectivity index (χ2n) is 6.35. The van der Waals surface area contributed by atoms with Crippen molar-refractivity contribution in [3.05, 3.63) is 67.8 Å². The lowest BCUT2D eigenvalue weighted by atomic mass is 10.0. The first-order chi connectivity index (χ1) is 13.9. The summed E-state index contributed by atoms with van der Waals surface area (Å²) in [6.45, 7) is 1.87. The Hall–Kier alpha value is -2.58. The number of rotatable bonds is 3. The van der Waals surface area contributed by atoms with Crippen LogP contribution in [0.4, 0.5) is 5.69 Å². The topological polar surface area (TPSA) is 65.1 Å².